The van der Waals surface area contributed by atoms with Crippen LogP contribution in [0, 0.1) is 0 Å². The van der Waals surface area contributed by atoms with Crippen LogP contribution in [-0.2, 0) is 0 Å². The quantitative estimate of drug-likeness (QED) is 0.487. The molecule has 0 spiro atoms. The number of hydrogen-bond donors (Lipinski definition) is 5. The van der Waals surface area contributed by atoms with Crippen LogP contribution in [0.15, 0.2) is 42.7 Å². The molecule has 3 rings (SSSR count). The summed E-state index contributed by atoms with van der Waals surface area (Å²) in [7, 11) is 0. The summed E-state index contributed by atoms with van der Waals surface area (Å²) in [6.45, 7) is 0. The Kier molecular flexibility index (Phi) is 4.04. The van der Waals surface area contributed by atoms with Gasteiger partial charge in [0.2, 0.25) is 0 Å². The third-order valence-electron chi connectivity index (χ3n) is 3.47. The third kappa shape index (κ3) is 3.24. The number of hydrogen-bond acceptors (Lipinski definition) is 4. The van der Waals surface area contributed by atoms with E-state index in [1.165, 1.54) is 6.20 Å². The maximum atomic E-state index is 12.3. The summed E-state index contributed by atoms with van der Waals surface area (Å²) in [4.78, 5) is 41.8. The van der Waals surface area contributed by atoms with Gasteiger partial charge in [0.15, 0.2) is 0 Å². The van der Waals surface area contributed by atoms with Gasteiger partial charge in [0.25, 0.3) is 11.8 Å². The number of H-pyrrole nitrogens is 1. The van der Waals surface area contributed by atoms with Gasteiger partial charge in [-0.05, 0) is 24.3 Å². The number of nitrogens with two attached hydrogens (primary N) is 2. The Morgan fingerprint density at radius 3 is 2.52 bits per heavy atom. The SMILES string of the molecule is NC(=O)Nc1[nH]c2cc(C(=O)Nc3cccnc3)ccc2c1C(N)=O. The van der Waals surface area contributed by atoms with Gasteiger partial charge in [-0.3, -0.25) is 19.9 Å². The number of aromatic nitrogens is 2. The lowest BCUT2D eigenvalue weighted by Gasteiger charge is -2.04. The summed E-state index contributed by atoms with van der Waals surface area (Å²) < 4.78 is 0. The van der Waals surface area contributed by atoms with E-state index in [1.54, 1.807) is 36.5 Å². The lowest BCUT2D eigenvalue weighted by molar-refractivity contribution is 0.1000. The van der Waals surface area contributed by atoms with E-state index in [-0.39, 0.29) is 17.3 Å². The van der Waals surface area contributed by atoms with Gasteiger partial charge in [0.1, 0.15) is 5.82 Å². The summed E-state index contributed by atoms with van der Waals surface area (Å²) in [5.41, 5.74) is 11.9. The molecule has 0 atom stereocenters. The van der Waals surface area contributed by atoms with E-state index in [0.29, 0.717) is 22.2 Å². The molecule has 25 heavy (non-hydrogen) atoms. The molecule has 0 unspecified atom stereocenters. The van der Waals surface area contributed by atoms with E-state index in [0.717, 1.165) is 0 Å². The molecule has 0 aliphatic carbocycles. The molecule has 0 fully saturated rings. The minimum absolute atomic E-state index is 0.0832. The van der Waals surface area contributed by atoms with Gasteiger partial charge in [-0.25, -0.2) is 4.79 Å². The first-order valence-electron chi connectivity index (χ1n) is 7.19. The lowest BCUT2D eigenvalue weighted by atomic mass is 10.1. The first-order valence-corrected chi connectivity index (χ1v) is 7.19. The molecule has 0 aliphatic heterocycles. The van der Waals surface area contributed by atoms with E-state index < -0.39 is 11.9 Å². The molecule has 0 saturated carbocycles. The second-order valence-electron chi connectivity index (χ2n) is 5.18. The maximum absolute atomic E-state index is 12.3. The second-order valence-corrected chi connectivity index (χ2v) is 5.18. The fraction of sp³-hybridized carbons (Fsp3) is 0. The van der Waals surface area contributed by atoms with Gasteiger partial charge in [0.05, 0.1) is 17.4 Å². The molecule has 2 aromatic heterocycles. The van der Waals surface area contributed by atoms with E-state index in [2.05, 4.69) is 20.6 Å². The van der Waals surface area contributed by atoms with Gasteiger partial charge in [-0.2, -0.15) is 0 Å². The van der Waals surface area contributed by atoms with Crippen LogP contribution in [-0.4, -0.2) is 27.8 Å². The fourth-order valence-corrected chi connectivity index (χ4v) is 2.45. The molecule has 0 saturated heterocycles. The first-order chi connectivity index (χ1) is 12.0. The maximum Gasteiger partial charge on any atom is 0.317 e. The van der Waals surface area contributed by atoms with Gasteiger partial charge >= 0.3 is 6.03 Å². The number of nitrogens with zero attached hydrogens (tertiary/aromatic N) is 1. The van der Waals surface area contributed by atoms with Gasteiger partial charge < -0.3 is 21.8 Å². The number of nitrogens with one attached hydrogen (secondary N) is 3. The largest absolute Gasteiger partial charge is 0.365 e. The molecule has 7 N–H and O–H groups in total. The van der Waals surface area contributed by atoms with Crippen LogP contribution in [0.2, 0.25) is 0 Å². The molecule has 126 valence electrons. The Morgan fingerprint density at radius 1 is 1.08 bits per heavy atom. The fourth-order valence-electron chi connectivity index (χ4n) is 2.45. The van der Waals surface area contributed by atoms with Crippen molar-refractivity contribution in [3.63, 3.8) is 0 Å². The van der Waals surface area contributed by atoms with Crippen molar-refractivity contribution in [3.05, 3.63) is 53.9 Å². The predicted molar refractivity (Wildman–Crippen MR) is 92.2 cm³/mol. The Hall–Kier alpha value is -3.88. The zero-order chi connectivity index (χ0) is 18.0. The number of carbonyl (C=O) groups excluding carboxylic acids is 3. The smallest absolute Gasteiger partial charge is 0.317 e. The highest BCUT2D eigenvalue weighted by molar-refractivity contribution is 6.14. The number of carbonyl (C=O) groups is 3. The summed E-state index contributed by atoms with van der Waals surface area (Å²) in [6.07, 6.45) is 3.12. The van der Waals surface area contributed by atoms with Crippen molar-refractivity contribution in [3.8, 4) is 0 Å². The highest BCUT2D eigenvalue weighted by Gasteiger charge is 2.18. The predicted octanol–water partition coefficient (Wildman–Crippen LogP) is 1.40. The lowest BCUT2D eigenvalue weighted by Crippen LogP contribution is -2.22. The van der Waals surface area contributed by atoms with Crippen molar-refractivity contribution in [2.24, 2.45) is 11.5 Å². The summed E-state index contributed by atoms with van der Waals surface area (Å²) >= 11 is 0. The number of urea groups is 1. The topological polar surface area (TPSA) is 156 Å². The number of amides is 4. The molecular weight excluding hydrogens is 324 g/mol. The molecule has 0 bridgehead atoms. The number of benzene rings is 1. The van der Waals surface area contributed by atoms with Crippen molar-refractivity contribution < 1.29 is 14.4 Å². The van der Waals surface area contributed by atoms with Gasteiger partial charge in [-0.15, -0.1) is 0 Å². The molecule has 9 heteroatoms. The average molecular weight is 338 g/mol. The molecule has 2 heterocycles. The highest BCUT2D eigenvalue weighted by Crippen LogP contribution is 2.27. The number of rotatable bonds is 4. The first kappa shape index (κ1) is 16.0. The minimum atomic E-state index is -0.844. The number of primary amides is 2. The molecule has 0 radical (unpaired) electrons. The number of anilines is 2. The van der Waals surface area contributed by atoms with Crippen LogP contribution in [0.4, 0.5) is 16.3 Å². The molecule has 0 aliphatic rings. The average Bonchev–Trinajstić information content (AvgIpc) is 2.91. The van der Waals surface area contributed by atoms with E-state index in [9.17, 15) is 14.4 Å². The van der Waals surface area contributed by atoms with Crippen LogP contribution < -0.4 is 22.1 Å². The molecular formula is C16H14N6O3. The standard InChI is InChI=1S/C16H14N6O3/c17-13(23)12-10-4-3-8(6-11(10)21-14(12)22-16(18)25)15(24)20-9-2-1-5-19-7-9/h1-7,21H,(H2,17,23)(H,20,24)(H3,18,22,25). The third-order valence-corrected chi connectivity index (χ3v) is 3.47. The Labute approximate surface area is 141 Å². The number of pyridine rings is 1. The number of aromatic amines is 1. The number of fused-ring (bicyclic) bond motifs is 1. The van der Waals surface area contributed by atoms with Crippen LogP contribution in [0.1, 0.15) is 20.7 Å². The Balaban J connectivity index is 1.98. The van der Waals surface area contributed by atoms with Gasteiger partial charge in [-0.1, -0.05) is 6.07 Å². The van der Waals surface area contributed by atoms with E-state index in [1.807, 2.05) is 0 Å². The summed E-state index contributed by atoms with van der Waals surface area (Å²) in [5, 5.41) is 5.48. The normalized spacial score (nSPS) is 10.4. The second kappa shape index (κ2) is 6.32. The van der Waals surface area contributed by atoms with Crippen LogP contribution in [0.25, 0.3) is 10.9 Å². The van der Waals surface area contributed by atoms with Crippen molar-refractivity contribution in [2.45, 2.75) is 0 Å². The summed E-state index contributed by atoms with van der Waals surface area (Å²) in [5.74, 6) is -1.00. The van der Waals surface area contributed by atoms with Crippen molar-refractivity contribution in [1.29, 1.82) is 0 Å². The summed E-state index contributed by atoms with van der Waals surface area (Å²) in [6, 6.07) is 7.21. The Bertz CT molecular complexity index is 980. The van der Waals surface area contributed by atoms with Crippen LogP contribution in [0.5, 0.6) is 0 Å². The van der Waals surface area contributed by atoms with Crippen molar-refractivity contribution >= 4 is 40.3 Å². The van der Waals surface area contributed by atoms with Crippen molar-refractivity contribution in [2.75, 3.05) is 10.6 Å². The molecule has 3 aromatic rings. The molecule has 4 amide bonds. The van der Waals surface area contributed by atoms with E-state index >= 15 is 0 Å². The Morgan fingerprint density at radius 2 is 1.88 bits per heavy atom. The molecule has 1 aromatic carbocycles. The monoisotopic (exact) mass is 338 g/mol. The van der Waals surface area contributed by atoms with Crippen LogP contribution in [0.3, 0.4) is 0 Å². The van der Waals surface area contributed by atoms with Crippen LogP contribution >= 0.6 is 0 Å². The zero-order valence-corrected chi connectivity index (χ0v) is 12.9. The van der Waals surface area contributed by atoms with Crippen molar-refractivity contribution in [1.82, 2.24) is 9.97 Å². The highest BCUT2D eigenvalue weighted by atomic mass is 16.2. The van der Waals surface area contributed by atoms with Gasteiger partial charge in [0, 0.05) is 22.7 Å². The van der Waals surface area contributed by atoms with E-state index in [4.69, 9.17) is 11.5 Å². The molecule has 9 nitrogen and oxygen atoms in total. The minimum Gasteiger partial charge on any atom is -0.365 e. The zero-order valence-electron chi connectivity index (χ0n) is 12.9.